The molecule has 9 nitrogen and oxygen atoms in total. The third-order valence-corrected chi connectivity index (χ3v) is 8.71. The van der Waals surface area contributed by atoms with E-state index in [4.69, 9.17) is 23.1 Å². The van der Waals surface area contributed by atoms with Gasteiger partial charge in [0.15, 0.2) is 0 Å². The van der Waals surface area contributed by atoms with Gasteiger partial charge in [0.05, 0.1) is 6.04 Å². The highest BCUT2D eigenvalue weighted by molar-refractivity contribution is 6.30. The molecule has 42 heavy (non-hydrogen) atoms. The molecule has 0 spiro atoms. The molecule has 2 fully saturated rings. The van der Waals surface area contributed by atoms with Gasteiger partial charge in [-0.3, -0.25) is 14.4 Å². The average Bonchev–Trinajstić information content (AvgIpc) is 3.68. The minimum atomic E-state index is -0.835. The van der Waals surface area contributed by atoms with E-state index in [0.717, 1.165) is 60.7 Å². The largest absolute Gasteiger partial charge is 0.383 e. The van der Waals surface area contributed by atoms with Gasteiger partial charge in [0, 0.05) is 49.2 Å². The van der Waals surface area contributed by atoms with E-state index in [1.165, 1.54) is 0 Å². The fraction of sp³-hybridized carbons (Fsp3) is 0.438. The summed E-state index contributed by atoms with van der Waals surface area (Å²) in [4.78, 5) is 47.2. The van der Waals surface area contributed by atoms with Crippen molar-refractivity contribution in [3.8, 4) is 0 Å². The van der Waals surface area contributed by atoms with Crippen LogP contribution in [0, 0.1) is 5.92 Å². The van der Waals surface area contributed by atoms with Gasteiger partial charge < -0.3 is 26.6 Å². The first-order valence-corrected chi connectivity index (χ1v) is 15.2. The zero-order chi connectivity index (χ0) is 29.6. The topological polar surface area (TPSA) is 135 Å². The molecule has 3 amide bonds. The number of carbonyl (C=O) groups excluding carboxylic acids is 3. The number of aromatic nitrogens is 1. The highest BCUT2D eigenvalue weighted by atomic mass is 35.5. The minimum Gasteiger partial charge on any atom is -0.383 e. The summed E-state index contributed by atoms with van der Waals surface area (Å²) in [7, 11) is 0. The monoisotopic (exact) mass is 590 g/mol. The van der Waals surface area contributed by atoms with Crippen molar-refractivity contribution in [1.82, 2.24) is 20.1 Å². The fourth-order valence-electron chi connectivity index (χ4n) is 6.10. The smallest absolute Gasteiger partial charge is 0.243 e. The molecule has 5 rings (SSSR count). The zero-order valence-electron chi connectivity index (χ0n) is 23.8. The molecule has 2 aliphatic heterocycles. The maximum Gasteiger partial charge on any atom is 0.243 e. The van der Waals surface area contributed by atoms with Crippen molar-refractivity contribution in [3.63, 3.8) is 0 Å². The Balaban J connectivity index is 1.24. The number of hydrogen-bond acceptors (Lipinski definition) is 6. The Labute approximate surface area is 251 Å². The molecule has 0 saturated carbocycles. The lowest BCUT2D eigenvalue weighted by molar-refractivity contribution is -0.140. The summed E-state index contributed by atoms with van der Waals surface area (Å²) in [5, 5.41) is 5.53. The minimum absolute atomic E-state index is 0.0405. The summed E-state index contributed by atoms with van der Waals surface area (Å²) < 4.78 is 0. The number of likely N-dealkylation sites (tertiary alicyclic amines) is 2. The maximum atomic E-state index is 13.6. The quantitative estimate of drug-likeness (QED) is 0.330. The van der Waals surface area contributed by atoms with E-state index in [1.54, 1.807) is 11.1 Å². The van der Waals surface area contributed by atoms with Crippen LogP contribution in [0.15, 0.2) is 54.7 Å². The van der Waals surface area contributed by atoms with E-state index in [9.17, 15) is 14.4 Å². The van der Waals surface area contributed by atoms with Crippen LogP contribution in [0.2, 0.25) is 5.02 Å². The Morgan fingerprint density at radius 1 is 1.07 bits per heavy atom. The van der Waals surface area contributed by atoms with Gasteiger partial charge >= 0.3 is 0 Å². The van der Waals surface area contributed by atoms with Crippen molar-refractivity contribution in [1.29, 1.82) is 0 Å². The molecule has 1 unspecified atom stereocenters. The Morgan fingerprint density at radius 3 is 2.67 bits per heavy atom. The predicted octanol–water partition coefficient (Wildman–Crippen LogP) is 3.67. The number of nitrogens with zero attached hydrogens (tertiary/aromatic N) is 3. The number of fused-ring (bicyclic) bond motifs is 1. The summed E-state index contributed by atoms with van der Waals surface area (Å²) in [5.41, 5.74) is 14.4. The van der Waals surface area contributed by atoms with Gasteiger partial charge in [0.2, 0.25) is 17.7 Å². The molecule has 0 radical (unpaired) electrons. The van der Waals surface area contributed by atoms with Crippen LogP contribution in [0.4, 0.5) is 5.82 Å². The highest BCUT2D eigenvalue weighted by Crippen LogP contribution is 2.29. The van der Waals surface area contributed by atoms with Gasteiger partial charge in [-0.1, -0.05) is 35.9 Å². The standard InChI is InChI=1S/C32H39ClN6O3/c33-25-5-3-4-21(17-25)6-7-23-18-28(31(41)37-19-22-8-9-26-24(16-22)12-13-36-30(26)35)39(20-23)32(42)27(34)10-11-29(40)38-14-1-2-15-38/h3-5,8-9,12-13,16-17,23,27-28H,1-2,6-7,10-11,14-15,18-20,34H2,(H2,35,36)(H,37,41)/t23?,27-,28+/m1/s1. The first-order chi connectivity index (χ1) is 20.3. The van der Waals surface area contributed by atoms with E-state index in [1.807, 2.05) is 53.4 Å². The lowest BCUT2D eigenvalue weighted by Gasteiger charge is -2.27. The van der Waals surface area contributed by atoms with Crippen LogP contribution in [0.1, 0.15) is 49.7 Å². The van der Waals surface area contributed by atoms with E-state index in [2.05, 4.69) is 10.3 Å². The van der Waals surface area contributed by atoms with Crippen LogP contribution < -0.4 is 16.8 Å². The van der Waals surface area contributed by atoms with Crippen molar-refractivity contribution >= 4 is 45.9 Å². The molecule has 3 atom stereocenters. The molecule has 2 aromatic carbocycles. The lowest BCUT2D eigenvalue weighted by atomic mass is 9.96. The SMILES string of the molecule is Nc1nccc2cc(CNC(=O)[C@@H]3CC(CCc4cccc(Cl)c4)CN3C(=O)[C@H](N)CCC(=O)N3CCCC3)ccc12. The Kier molecular flexibility index (Phi) is 9.59. The van der Waals surface area contributed by atoms with Gasteiger partial charge in [-0.25, -0.2) is 4.98 Å². The first-order valence-electron chi connectivity index (χ1n) is 14.8. The summed E-state index contributed by atoms with van der Waals surface area (Å²) in [6, 6.07) is 14.0. The average molecular weight is 591 g/mol. The number of nitrogen functional groups attached to an aromatic ring is 1. The molecule has 2 aliphatic rings. The number of aryl methyl sites for hydroxylation is 1. The van der Waals surface area contributed by atoms with E-state index < -0.39 is 12.1 Å². The molecular weight excluding hydrogens is 552 g/mol. The van der Waals surface area contributed by atoms with Crippen molar-refractivity contribution < 1.29 is 14.4 Å². The number of pyridine rings is 1. The summed E-state index contributed by atoms with van der Waals surface area (Å²) in [6.45, 7) is 2.31. The molecule has 3 heterocycles. The number of nitrogens with two attached hydrogens (primary N) is 2. The van der Waals surface area contributed by atoms with Crippen LogP contribution in [0.25, 0.3) is 10.8 Å². The second-order valence-corrected chi connectivity index (χ2v) is 11.9. The van der Waals surface area contributed by atoms with Gasteiger partial charge in [-0.2, -0.15) is 0 Å². The van der Waals surface area contributed by atoms with Crippen LogP contribution in [-0.4, -0.2) is 64.2 Å². The Bertz CT molecular complexity index is 1440. The van der Waals surface area contributed by atoms with Gasteiger partial charge in [-0.05, 0) is 85.2 Å². The Hall–Kier alpha value is -3.69. The second kappa shape index (κ2) is 13.5. The molecular formula is C32H39ClN6O3. The number of carbonyl (C=O) groups is 3. The van der Waals surface area contributed by atoms with Gasteiger partial charge in [0.25, 0.3) is 0 Å². The van der Waals surface area contributed by atoms with E-state index in [-0.39, 0.29) is 36.5 Å². The number of anilines is 1. The number of halogens is 1. The normalized spacial score (nSPS) is 19.3. The Morgan fingerprint density at radius 2 is 1.88 bits per heavy atom. The number of nitrogens with one attached hydrogen (secondary N) is 1. The van der Waals surface area contributed by atoms with E-state index >= 15 is 0 Å². The number of hydrogen-bond donors (Lipinski definition) is 3. The fourth-order valence-corrected chi connectivity index (χ4v) is 6.31. The molecule has 1 aromatic heterocycles. The molecule has 5 N–H and O–H groups in total. The molecule has 3 aromatic rings. The van der Waals surface area contributed by atoms with Crippen molar-refractivity contribution in [2.75, 3.05) is 25.4 Å². The van der Waals surface area contributed by atoms with Crippen molar-refractivity contribution in [2.45, 2.75) is 63.6 Å². The van der Waals surface area contributed by atoms with Crippen LogP contribution in [0.3, 0.4) is 0 Å². The molecule has 2 saturated heterocycles. The maximum absolute atomic E-state index is 13.6. The highest BCUT2D eigenvalue weighted by Gasteiger charge is 2.40. The van der Waals surface area contributed by atoms with Crippen LogP contribution in [0.5, 0.6) is 0 Å². The molecule has 222 valence electrons. The third kappa shape index (κ3) is 7.20. The number of benzene rings is 2. The summed E-state index contributed by atoms with van der Waals surface area (Å²) in [5.74, 6) is 0.161. The lowest BCUT2D eigenvalue weighted by Crippen LogP contribution is -2.51. The summed E-state index contributed by atoms with van der Waals surface area (Å²) in [6.07, 6.45) is 6.36. The van der Waals surface area contributed by atoms with Crippen molar-refractivity contribution in [3.05, 3.63) is 70.9 Å². The molecule has 10 heteroatoms. The molecule has 0 aliphatic carbocycles. The van der Waals surface area contributed by atoms with Crippen molar-refractivity contribution in [2.24, 2.45) is 11.7 Å². The first kappa shape index (κ1) is 29.8. The van der Waals surface area contributed by atoms with Gasteiger partial charge in [-0.15, -0.1) is 0 Å². The second-order valence-electron chi connectivity index (χ2n) is 11.5. The van der Waals surface area contributed by atoms with E-state index in [0.29, 0.717) is 30.4 Å². The molecule has 0 bridgehead atoms. The summed E-state index contributed by atoms with van der Waals surface area (Å²) >= 11 is 6.17. The predicted molar refractivity (Wildman–Crippen MR) is 164 cm³/mol. The third-order valence-electron chi connectivity index (χ3n) is 8.48. The zero-order valence-corrected chi connectivity index (χ0v) is 24.6. The number of rotatable bonds is 10. The van der Waals surface area contributed by atoms with Crippen LogP contribution in [-0.2, 0) is 27.3 Å². The number of amides is 3. The van der Waals surface area contributed by atoms with Gasteiger partial charge in [0.1, 0.15) is 11.9 Å². The van der Waals surface area contributed by atoms with Crippen LogP contribution >= 0.6 is 11.6 Å².